The van der Waals surface area contributed by atoms with E-state index in [4.69, 9.17) is 18.6 Å². The second-order valence-corrected chi connectivity index (χ2v) is 7.44. The number of thiocarbonyl (C=S) groups is 1. The van der Waals surface area contributed by atoms with Crippen LogP contribution in [-0.4, -0.2) is 59.6 Å². The van der Waals surface area contributed by atoms with Gasteiger partial charge in [0.25, 0.3) is 0 Å². The first-order chi connectivity index (χ1) is 13.6. The summed E-state index contributed by atoms with van der Waals surface area (Å²) in [6, 6.07) is 9.73. The number of piperazine rings is 1. The number of amides is 2. The summed E-state index contributed by atoms with van der Waals surface area (Å²) in [6.45, 7) is 1.51. The van der Waals surface area contributed by atoms with Crippen molar-refractivity contribution < 1.29 is 9.59 Å². The number of nitrogens with one attached hydrogen (secondary N) is 4. The van der Waals surface area contributed by atoms with Gasteiger partial charge in [0.2, 0.25) is 11.8 Å². The molecule has 0 radical (unpaired) electrons. The lowest BCUT2D eigenvalue weighted by Gasteiger charge is -2.37. The van der Waals surface area contributed by atoms with E-state index >= 15 is 0 Å². The van der Waals surface area contributed by atoms with Crippen LogP contribution in [0.1, 0.15) is 19.3 Å². The highest BCUT2D eigenvalue weighted by atomic mass is 32.1. The molecule has 3 rings (SSSR count). The van der Waals surface area contributed by atoms with E-state index in [1.807, 2.05) is 30.3 Å². The van der Waals surface area contributed by atoms with Gasteiger partial charge in [0, 0.05) is 37.3 Å². The van der Waals surface area contributed by atoms with Gasteiger partial charge < -0.3 is 21.3 Å². The maximum atomic E-state index is 12.3. The fourth-order valence-electron chi connectivity index (χ4n) is 3.76. The maximum absolute atomic E-state index is 12.3. The van der Waals surface area contributed by atoms with Gasteiger partial charge in [-0.15, -0.1) is 6.42 Å². The Labute approximate surface area is 170 Å². The van der Waals surface area contributed by atoms with Crippen LogP contribution in [0.4, 0.5) is 5.69 Å². The molecule has 0 aliphatic carbocycles. The second kappa shape index (κ2) is 9.53. The van der Waals surface area contributed by atoms with Crippen LogP contribution in [0, 0.1) is 12.3 Å². The van der Waals surface area contributed by atoms with Crippen LogP contribution in [-0.2, 0) is 9.59 Å². The molecule has 2 amide bonds. The first-order valence-electron chi connectivity index (χ1n) is 9.43. The van der Waals surface area contributed by atoms with Crippen LogP contribution in [0.3, 0.4) is 0 Å². The van der Waals surface area contributed by atoms with E-state index < -0.39 is 0 Å². The number of nitrogens with zero attached hydrogens (tertiary/aromatic N) is 1. The zero-order valence-corrected chi connectivity index (χ0v) is 16.4. The quantitative estimate of drug-likeness (QED) is 0.410. The normalized spacial score (nSPS) is 23.8. The minimum atomic E-state index is -0.190. The molecule has 0 unspecified atom stereocenters. The summed E-state index contributed by atoms with van der Waals surface area (Å²) in [5.41, 5.74) is 0.921. The topological polar surface area (TPSA) is 85.5 Å². The third kappa shape index (κ3) is 5.21. The molecule has 1 aromatic carbocycles. The molecular weight excluding hydrogens is 374 g/mol. The molecule has 2 heterocycles. The number of rotatable bonds is 6. The van der Waals surface area contributed by atoms with Crippen LogP contribution < -0.4 is 21.3 Å². The molecule has 148 valence electrons. The average Bonchev–Trinajstić information content (AvgIpc) is 3.11. The van der Waals surface area contributed by atoms with Crippen molar-refractivity contribution in [3.8, 4) is 12.3 Å². The van der Waals surface area contributed by atoms with E-state index in [2.05, 4.69) is 32.1 Å². The molecule has 0 spiro atoms. The van der Waals surface area contributed by atoms with Crippen molar-refractivity contribution in [3.05, 3.63) is 30.3 Å². The highest BCUT2D eigenvalue weighted by Gasteiger charge is 2.43. The Kier molecular flexibility index (Phi) is 6.85. The van der Waals surface area contributed by atoms with E-state index in [-0.39, 0.29) is 36.5 Å². The summed E-state index contributed by atoms with van der Waals surface area (Å²) >= 11 is 5.41. The molecule has 0 bridgehead atoms. The van der Waals surface area contributed by atoms with Crippen molar-refractivity contribution in [2.45, 2.75) is 37.4 Å². The highest BCUT2D eigenvalue weighted by Crippen LogP contribution is 2.26. The van der Waals surface area contributed by atoms with E-state index in [9.17, 15) is 9.59 Å². The van der Waals surface area contributed by atoms with Crippen molar-refractivity contribution in [1.29, 1.82) is 0 Å². The SMILES string of the molecule is C#CCNC(=O)CC[C@@H]1CNC(=O)[C@@H]2C[C@H](NC(=S)Nc3ccccc3)CN12. The average molecular weight is 400 g/mol. The molecule has 28 heavy (non-hydrogen) atoms. The largest absolute Gasteiger partial charge is 0.358 e. The van der Waals surface area contributed by atoms with E-state index in [1.165, 1.54) is 0 Å². The summed E-state index contributed by atoms with van der Waals surface area (Å²) in [5, 5.41) is 12.7. The van der Waals surface area contributed by atoms with Crippen LogP contribution in [0.2, 0.25) is 0 Å². The number of fused-ring (bicyclic) bond motifs is 1. The van der Waals surface area contributed by atoms with Crippen molar-refractivity contribution >= 4 is 34.8 Å². The number of carbonyl (C=O) groups excluding carboxylic acids is 2. The fourth-order valence-corrected chi connectivity index (χ4v) is 4.04. The summed E-state index contributed by atoms with van der Waals surface area (Å²) in [4.78, 5) is 26.3. The summed E-state index contributed by atoms with van der Waals surface area (Å²) in [6.07, 6.45) is 6.90. The Morgan fingerprint density at radius 3 is 2.89 bits per heavy atom. The minimum Gasteiger partial charge on any atom is -0.358 e. The van der Waals surface area contributed by atoms with Gasteiger partial charge in [0.15, 0.2) is 5.11 Å². The number of carbonyl (C=O) groups is 2. The molecule has 2 saturated heterocycles. The smallest absolute Gasteiger partial charge is 0.237 e. The van der Waals surface area contributed by atoms with Crippen molar-refractivity contribution in [1.82, 2.24) is 20.9 Å². The molecule has 3 atom stereocenters. The minimum absolute atomic E-state index is 0.0410. The maximum Gasteiger partial charge on any atom is 0.237 e. The lowest BCUT2D eigenvalue weighted by atomic mass is 10.0. The molecule has 2 aliphatic heterocycles. The van der Waals surface area contributed by atoms with Gasteiger partial charge in [-0.2, -0.15) is 0 Å². The zero-order chi connectivity index (χ0) is 19.9. The fraction of sp³-hybridized carbons (Fsp3) is 0.450. The highest BCUT2D eigenvalue weighted by molar-refractivity contribution is 7.80. The number of anilines is 1. The Hall–Kier alpha value is -2.63. The number of terminal acetylenes is 1. The third-order valence-electron chi connectivity index (χ3n) is 5.08. The molecular formula is C20H25N5O2S. The van der Waals surface area contributed by atoms with Crippen LogP contribution in [0.5, 0.6) is 0 Å². The molecule has 0 saturated carbocycles. The van der Waals surface area contributed by atoms with E-state index in [0.29, 0.717) is 37.5 Å². The van der Waals surface area contributed by atoms with Crippen LogP contribution in [0.15, 0.2) is 30.3 Å². The Balaban J connectivity index is 1.52. The van der Waals surface area contributed by atoms with E-state index in [0.717, 1.165) is 5.69 Å². The van der Waals surface area contributed by atoms with E-state index in [1.54, 1.807) is 0 Å². The molecule has 2 fully saturated rings. The lowest BCUT2D eigenvalue weighted by Crippen LogP contribution is -2.58. The Morgan fingerprint density at radius 2 is 2.14 bits per heavy atom. The second-order valence-electron chi connectivity index (χ2n) is 7.03. The Morgan fingerprint density at radius 1 is 1.36 bits per heavy atom. The van der Waals surface area contributed by atoms with Gasteiger partial charge >= 0.3 is 0 Å². The molecule has 7 nitrogen and oxygen atoms in total. The van der Waals surface area contributed by atoms with Gasteiger partial charge in [-0.05, 0) is 37.2 Å². The standard InChI is InChI=1S/C20H25N5O2S/c1-2-10-21-18(26)9-8-16-12-22-19(27)17-11-15(13-25(16)17)24-20(28)23-14-6-4-3-5-7-14/h1,3-7,15-17H,8-13H2,(H,21,26)(H,22,27)(H2,23,24,28)/t15-,16+,17-/m0/s1. The molecule has 1 aromatic rings. The van der Waals surface area contributed by atoms with Crippen LogP contribution in [0.25, 0.3) is 0 Å². The van der Waals surface area contributed by atoms with Crippen molar-refractivity contribution in [2.24, 2.45) is 0 Å². The zero-order valence-electron chi connectivity index (χ0n) is 15.6. The summed E-state index contributed by atoms with van der Waals surface area (Å²) in [5.74, 6) is 2.37. The monoisotopic (exact) mass is 399 g/mol. The predicted octanol–water partition coefficient (Wildman–Crippen LogP) is 0.444. The van der Waals surface area contributed by atoms with Crippen LogP contribution >= 0.6 is 12.2 Å². The first-order valence-corrected chi connectivity index (χ1v) is 9.84. The van der Waals surface area contributed by atoms with Crippen molar-refractivity contribution in [3.63, 3.8) is 0 Å². The predicted molar refractivity (Wildman–Crippen MR) is 113 cm³/mol. The van der Waals surface area contributed by atoms with Gasteiger partial charge in [0.1, 0.15) is 0 Å². The van der Waals surface area contributed by atoms with Gasteiger partial charge in [-0.3, -0.25) is 14.5 Å². The van der Waals surface area contributed by atoms with Crippen molar-refractivity contribution in [2.75, 3.05) is 25.0 Å². The molecule has 2 aliphatic rings. The summed E-state index contributed by atoms with van der Waals surface area (Å²) < 4.78 is 0. The number of hydrogen-bond donors (Lipinski definition) is 4. The molecule has 4 N–H and O–H groups in total. The summed E-state index contributed by atoms with van der Waals surface area (Å²) in [7, 11) is 0. The number of para-hydroxylation sites is 1. The van der Waals surface area contributed by atoms with Gasteiger partial charge in [-0.25, -0.2) is 0 Å². The lowest BCUT2D eigenvalue weighted by molar-refractivity contribution is -0.129. The third-order valence-corrected chi connectivity index (χ3v) is 5.30. The van der Waals surface area contributed by atoms with Gasteiger partial charge in [-0.1, -0.05) is 24.1 Å². The number of benzene rings is 1. The number of hydrogen-bond acceptors (Lipinski definition) is 4. The first kappa shape index (κ1) is 20.1. The Bertz CT molecular complexity index is 764. The van der Waals surface area contributed by atoms with Gasteiger partial charge in [0.05, 0.1) is 12.6 Å². The molecule has 0 aromatic heterocycles. The molecule has 8 heteroatoms.